The number of hydrogen-bond acceptors (Lipinski definition) is 5. The fraction of sp³-hybridized carbons (Fsp3) is 1.00. The van der Waals surface area contributed by atoms with Crippen molar-refractivity contribution in [3.8, 4) is 0 Å². The van der Waals surface area contributed by atoms with Crippen LogP contribution in [0.5, 0.6) is 0 Å². The Bertz CT molecular complexity index is 221. The molecule has 1 aliphatic rings. The highest BCUT2D eigenvalue weighted by Gasteiger charge is 2.20. The summed E-state index contributed by atoms with van der Waals surface area (Å²) in [5.74, 6) is 0.647. The molecule has 0 aromatic rings. The average Bonchev–Trinajstić information content (AvgIpc) is 2.44. The molecule has 19 heavy (non-hydrogen) atoms. The molecule has 2 N–H and O–H groups in total. The summed E-state index contributed by atoms with van der Waals surface area (Å²) in [6.07, 6.45) is 1.76. The summed E-state index contributed by atoms with van der Waals surface area (Å²) in [6, 6.07) is 0.412. The van der Waals surface area contributed by atoms with Crippen LogP contribution in [0.4, 0.5) is 0 Å². The highest BCUT2D eigenvalue weighted by Crippen LogP contribution is 2.18. The number of nitrogens with one attached hydrogen (secondary N) is 1. The third kappa shape index (κ3) is 7.22. The summed E-state index contributed by atoms with van der Waals surface area (Å²) in [5.41, 5.74) is 0. The second kappa shape index (κ2) is 9.66. The second-order valence-corrected chi connectivity index (χ2v) is 5.40. The highest BCUT2D eigenvalue weighted by atomic mass is 16.5. The molecule has 0 aromatic heterocycles. The van der Waals surface area contributed by atoms with Gasteiger partial charge in [0, 0.05) is 32.9 Å². The third-order valence-corrected chi connectivity index (χ3v) is 3.62. The van der Waals surface area contributed by atoms with E-state index in [0.29, 0.717) is 31.7 Å². The first-order valence-electron chi connectivity index (χ1n) is 7.23. The van der Waals surface area contributed by atoms with Gasteiger partial charge in [0.05, 0.1) is 25.4 Å². The predicted octanol–water partition coefficient (Wildman–Crippen LogP) is 0.804. The summed E-state index contributed by atoms with van der Waals surface area (Å²) in [7, 11) is 1.65. The maximum atomic E-state index is 9.86. The molecule has 3 atom stereocenters. The molecule has 3 unspecified atom stereocenters. The van der Waals surface area contributed by atoms with Gasteiger partial charge in [-0.1, -0.05) is 0 Å². The highest BCUT2D eigenvalue weighted by molar-refractivity contribution is 4.76. The van der Waals surface area contributed by atoms with E-state index in [4.69, 9.17) is 14.2 Å². The van der Waals surface area contributed by atoms with Crippen LogP contribution in [0.2, 0.25) is 0 Å². The zero-order valence-electron chi connectivity index (χ0n) is 12.4. The fourth-order valence-electron chi connectivity index (χ4n) is 2.32. The smallest absolute Gasteiger partial charge is 0.0897 e. The first-order valence-corrected chi connectivity index (χ1v) is 7.23. The number of hydrogen-bond donors (Lipinski definition) is 2. The molecule has 0 bridgehead atoms. The summed E-state index contributed by atoms with van der Waals surface area (Å²) in [6.45, 7) is 7.30. The van der Waals surface area contributed by atoms with E-state index in [1.54, 1.807) is 7.11 Å². The molecule has 1 aliphatic heterocycles. The number of aliphatic hydroxyl groups excluding tert-OH is 1. The van der Waals surface area contributed by atoms with E-state index >= 15 is 0 Å². The van der Waals surface area contributed by atoms with Gasteiger partial charge in [-0.05, 0) is 32.6 Å². The van der Waals surface area contributed by atoms with E-state index in [0.717, 1.165) is 26.1 Å². The molecule has 0 aliphatic carbocycles. The van der Waals surface area contributed by atoms with E-state index in [-0.39, 0.29) is 6.10 Å². The normalized spacial score (nSPS) is 22.1. The van der Waals surface area contributed by atoms with Gasteiger partial charge in [0.1, 0.15) is 0 Å². The molecule has 1 fully saturated rings. The molecule has 114 valence electrons. The molecule has 1 rings (SSSR count). The molecule has 5 nitrogen and oxygen atoms in total. The lowest BCUT2D eigenvalue weighted by Crippen LogP contribution is -2.42. The van der Waals surface area contributed by atoms with E-state index in [1.165, 1.54) is 0 Å². The van der Waals surface area contributed by atoms with E-state index < -0.39 is 6.10 Å². The van der Waals surface area contributed by atoms with Crippen LogP contribution >= 0.6 is 0 Å². The van der Waals surface area contributed by atoms with Crippen LogP contribution < -0.4 is 5.32 Å². The quantitative estimate of drug-likeness (QED) is 0.652. The minimum Gasteiger partial charge on any atom is -0.389 e. The van der Waals surface area contributed by atoms with Crippen molar-refractivity contribution >= 4 is 0 Å². The Balaban J connectivity index is 2.09. The Morgan fingerprint density at radius 3 is 2.58 bits per heavy atom. The van der Waals surface area contributed by atoms with E-state index in [9.17, 15) is 5.11 Å². The van der Waals surface area contributed by atoms with Crippen molar-refractivity contribution in [3.05, 3.63) is 0 Å². The van der Waals surface area contributed by atoms with Gasteiger partial charge in [0.2, 0.25) is 0 Å². The van der Waals surface area contributed by atoms with Crippen LogP contribution in [0.15, 0.2) is 0 Å². The lowest BCUT2D eigenvalue weighted by molar-refractivity contribution is -0.0323. The van der Waals surface area contributed by atoms with E-state index in [2.05, 4.69) is 12.2 Å². The van der Waals surface area contributed by atoms with Gasteiger partial charge >= 0.3 is 0 Å². The first kappa shape index (κ1) is 16.9. The Morgan fingerprint density at radius 2 is 1.95 bits per heavy atom. The van der Waals surface area contributed by atoms with Gasteiger partial charge in [-0.3, -0.25) is 0 Å². The molecule has 0 aromatic carbocycles. The van der Waals surface area contributed by atoms with Crippen LogP contribution in [0.3, 0.4) is 0 Å². The summed E-state index contributed by atoms with van der Waals surface area (Å²) in [5, 5.41) is 13.3. The molecular weight excluding hydrogens is 246 g/mol. The average molecular weight is 275 g/mol. The van der Waals surface area contributed by atoms with Crippen molar-refractivity contribution in [2.45, 2.75) is 44.9 Å². The maximum Gasteiger partial charge on any atom is 0.0897 e. The van der Waals surface area contributed by atoms with Crippen LogP contribution in [0.25, 0.3) is 0 Å². The van der Waals surface area contributed by atoms with Crippen molar-refractivity contribution < 1.29 is 19.3 Å². The third-order valence-electron chi connectivity index (χ3n) is 3.62. The minimum atomic E-state index is -0.471. The molecule has 0 saturated carbocycles. The monoisotopic (exact) mass is 275 g/mol. The number of aliphatic hydroxyl groups is 1. The van der Waals surface area contributed by atoms with Gasteiger partial charge < -0.3 is 24.6 Å². The molecule has 5 heteroatoms. The van der Waals surface area contributed by atoms with Crippen LogP contribution in [0, 0.1) is 5.92 Å². The summed E-state index contributed by atoms with van der Waals surface area (Å²) < 4.78 is 15.8. The lowest BCUT2D eigenvalue weighted by atomic mass is 9.93. The topological polar surface area (TPSA) is 60.0 Å². The Labute approximate surface area is 116 Å². The fourth-order valence-corrected chi connectivity index (χ4v) is 2.32. The summed E-state index contributed by atoms with van der Waals surface area (Å²) >= 11 is 0. The number of methoxy groups -OCH3 is 1. The zero-order valence-corrected chi connectivity index (χ0v) is 12.4. The number of rotatable bonds is 9. The van der Waals surface area contributed by atoms with Gasteiger partial charge in [-0.2, -0.15) is 0 Å². The van der Waals surface area contributed by atoms with Crippen LogP contribution in [-0.4, -0.2) is 63.4 Å². The van der Waals surface area contributed by atoms with Crippen LogP contribution in [-0.2, 0) is 14.2 Å². The Morgan fingerprint density at radius 1 is 1.26 bits per heavy atom. The molecule has 0 radical (unpaired) electrons. The second-order valence-electron chi connectivity index (χ2n) is 5.40. The van der Waals surface area contributed by atoms with Crippen molar-refractivity contribution in [2.75, 3.05) is 40.1 Å². The predicted molar refractivity (Wildman–Crippen MR) is 74.3 cm³/mol. The van der Waals surface area contributed by atoms with Gasteiger partial charge in [0.15, 0.2) is 0 Å². The zero-order chi connectivity index (χ0) is 14.1. The largest absolute Gasteiger partial charge is 0.389 e. The Kier molecular flexibility index (Phi) is 8.57. The summed E-state index contributed by atoms with van der Waals surface area (Å²) in [4.78, 5) is 0. The van der Waals surface area contributed by atoms with Crippen molar-refractivity contribution in [1.29, 1.82) is 0 Å². The SMILES string of the molecule is COCC(C)OCC(O)CNC(C)C1CCOCC1. The molecule has 1 heterocycles. The molecule has 0 amide bonds. The maximum absolute atomic E-state index is 9.86. The minimum absolute atomic E-state index is 0.0209. The van der Waals surface area contributed by atoms with Gasteiger partial charge in [-0.25, -0.2) is 0 Å². The first-order chi connectivity index (χ1) is 9.13. The molecule has 0 spiro atoms. The number of ether oxygens (including phenoxy) is 3. The molecule has 1 saturated heterocycles. The van der Waals surface area contributed by atoms with Crippen molar-refractivity contribution in [3.63, 3.8) is 0 Å². The van der Waals surface area contributed by atoms with Gasteiger partial charge in [0.25, 0.3) is 0 Å². The standard InChI is InChI=1S/C14H29NO4/c1-11(9-17-3)19-10-14(16)8-15-12(2)13-4-6-18-7-5-13/h11-16H,4-10H2,1-3H3. The van der Waals surface area contributed by atoms with E-state index in [1.807, 2.05) is 6.92 Å². The van der Waals surface area contributed by atoms with Gasteiger partial charge in [-0.15, -0.1) is 0 Å². The van der Waals surface area contributed by atoms with Crippen molar-refractivity contribution in [1.82, 2.24) is 5.32 Å². The Hall–Kier alpha value is -0.200. The van der Waals surface area contributed by atoms with Crippen LogP contribution in [0.1, 0.15) is 26.7 Å². The van der Waals surface area contributed by atoms with Crippen molar-refractivity contribution in [2.24, 2.45) is 5.92 Å². The molecular formula is C14H29NO4. The lowest BCUT2D eigenvalue weighted by Gasteiger charge is -2.29.